The number of fused-ring (bicyclic) bond motifs is 2. The summed E-state index contributed by atoms with van der Waals surface area (Å²) >= 11 is 0. The van der Waals surface area contributed by atoms with Crippen LogP contribution in [0, 0.1) is 0 Å². The number of rotatable bonds is 3. The van der Waals surface area contributed by atoms with Gasteiger partial charge in [-0.05, 0) is 17.2 Å². The molecule has 1 N–H and O–H groups in total. The highest BCUT2D eigenvalue weighted by Gasteiger charge is 2.28. The van der Waals surface area contributed by atoms with Crippen LogP contribution in [0.3, 0.4) is 0 Å². The smallest absolute Gasteiger partial charge is 0.356 e. The maximum absolute atomic E-state index is 12.5. The fourth-order valence-electron chi connectivity index (χ4n) is 3.05. The zero-order valence-corrected chi connectivity index (χ0v) is 12.4. The second kappa shape index (κ2) is 5.12. The number of carboxylic acids is 1. The average Bonchev–Trinajstić information content (AvgIpc) is 3.16. The van der Waals surface area contributed by atoms with E-state index in [4.69, 9.17) is 9.84 Å². The largest absolute Gasteiger partial charge is 0.493 e. The Labute approximate surface area is 132 Å². The third-order valence-corrected chi connectivity index (χ3v) is 4.21. The molecule has 0 spiro atoms. The molecule has 1 aromatic carbocycles. The van der Waals surface area contributed by atoms with Crippen molar-refractivity contribution in [2.45, 2.75) is 19.5 Å². The SMILES string of the molecule is O=C(O)c1cc2n(n1)CCN(Cc1ccc3c(c1)CCO3)C2=O. The minimum Gasteiger partial charge on any atom is -0.493 e. The first-order valence-electron chi connectivity index (χ1n) is 7.47. The van der Waals surface area contributed by atoms with Gasteiger partial charge < -0.3 is 14.7 Å². The van der Waals surface area contributed by atoms with Gasteiger partial charge >= 0.3 is 5.97 Å². The van der Waals surface area contributed by atoms with E-state index in [9.17, 15) is 9.59 Å². The van der Waals surface area contributed by atoms with Gasteiger partial charge in [0.1, 0.15) is 11.4 Å². The Morgan fingerprint density at radius 2 is 2.17 bits per heavy atom. The van der Waals surface area contributed by atoms with E-state index in [0.717, 1.165) is 17.7 Å². The second-order valence-corrected chi connectivity index (χ2v) is 5.71. The second-order valence-electron chi connectivity index (χ2n) is 5.71. The lowest BCUT2D eigenvalue weighted by Gasteiger charge is -2.27. The first kappa shape index (κ1) is 13.8. The number of carbonyl (C=O) groups is 2. The lowest BCUT2D eigenvalue weighted by atomic mass is 10.1. The molecule has 0 bridgehead atoms. The van der Waals surface area contributed by atoms with Crippen LogP contribution in [-0.4, -0.2) is 44.8 Å². The minimum atomic E-state index is -1.12. The Bertz CT molecular complexity index is 812. The van der Waals surface area contributed by atoms with Crippen molar-refractivity contribution in [3.63, 3.8) is 0 Å². The van der Waals surface area contributed by atoms with Crippen LogP contribution in [0.1, 0.15) is 32.1 Å². The molecule has 1 aromatic heterocycles. The normalized spacial score (nSPS) is 16.0. The van der Waals surface area contributed by atoms with E-state index >= 15 is 0 Å². The number of carboxylic acid groups (broad SMARTS) is 1. The van der Waals surface area contributed by atoms with Crippen molar-refractivity contribution < 1.29 is 19.4 Å². The third-order valence-electron chi connectivity index (χ3n) is 4.21. The van der Waals surface area contributed by atoms with E-state index in [2.05, 4.69) is 11.2 Å². The quantitative estimate of drug-likeness (QED) is 0.919. The zero-order chi connectivity index (χ0) is 16.0. The maximum Gasteiger partial charge on any atom is 0.356 e. The number of ether oxygens (including phenoxy) is 1. The van der Waals surface area contributed by atoms with Gasteiger partial charge in [-0.25, -0.2) is 4.79 Å². The van der Waals surface area contributed by atoms with Gasteiger partial charge in [0.15, 0.2) is 5.69 Å². The number of carbonyl (C=O) groups excluding carboxylic acids is 1. The predicted octanol–water partition coefficient (Wildman–Crippen LogP) is 1.17. The molecule has 0 saturated carbocycles. The highest BCUT2D eigenvalue weighted by Crippen LogP contribution is 2.27. The van der Waals surface area contributed by atoms with Gasteiger partial charge in [-0.3, -0.25) is 9.48 Å². The number of hydrogen-bond donors (Lipinski definition) is 1. The third kappa shape index (κ3) is 2.34. The molecule has 3 heterocycles. The summed E-state index contributed by atoms with van der Waals surface area (Å²) in [4.78, 5) is 25.3. The first-order valence-corrected chi connectivity index (χ1v) is 7.47. The molecule has 7 nitrogen and oxygen atoms in total. The van der Waals surface area contributed by atoms with Crippen molar-refractivity contribution in [1.29, 1.82) is 0 Å². The Morgan fingerprint density at radius 1 is 1.30 bits per heavy atom. The van der Waals surface area contributed by atoms with Crippen LogP contribution in [0.2, 0.25) is 0 Å². The van der Waals surface area contributed by atoms with Gasteiger partial charge in [-0.2, -0.15) is 5.10 Å². The summed E-state index contributed by atoms with van der Waals surface area (Å²) in [5.74, 6) is -0.388. The lowest BCUT2D eigenvalue weighted by molar-refractivity contribution is 0.0670. The number of aromatic nitrogens is 2. The Hall–Kier alpha value is -2.83. The Kier molecular flexibility index (Phi) is 3.07. The Morgan fingerprint density at radius 3 is 3.00 bits per heavy atom. The molecular weight excluding hydrogens is 298 g/mol. The number of aromatic carboxylic acids is 1. The van der Waals surface area contributed by atoms with E-state index in [1.165, 1.54) is 16.3 Å². The van der Waals surface area contributed by atoms with Crippen molar-refractivity contribution in [3.05, 3.63) is 46.8 Å². The van der Waals surface area contributed by atoms with Crippen molar-refractivity contribution in [2.75, 3.05) is 13.2 Å². The van der Waals surface area contributed by atoms with Crippen LogP contribution in [0.15, 0.2) is 24.3 Å². The molecule has 2 aliphatic heterocycles. The van der Waals surface area contributed by atoms with Gasteiger partial charge in [0.2, 0.25) is 0 Å². The summed E-state index contributed by atoms with van der Waals surface area (Å²) in [6.07, 6.45) is 0.895. The Balaban J connectivity index is 1.56. The van der Waals surface area contributed by atoms with E-state index < -0.39 is 5.97 Å². The molecule has 23 heavy (non-hydrogen) atoms. The topological polar surface area (TPSA) is 84.7 Å². The molecule has 0 fully saturated rings. The molecule has 0 aliphatic carbocycles. The average molecular weight is 313 g/mol. The standard InChI is InChI=1S/C16H15N3O4/c20-15-13-8-12(16(21)22)17-19(13)5-4-18(15)9-10-1-2-14-11(7-10)3-6-23-14/h1-2,7-8H,3-6,9H2,(H,21,22). The summed E-state index contributed by atoms with van der Waals surface area (Å²) in [5.41, 5.74) is 2.46. The van der Waals surface area contributed by atoms with Crippen LogP contribution in [0.5, 0.6) is 5.75 Å². The van der Waals surface area contributed by atoms with Crippen LogP contribution in [0.4, 0.5) is 0 Å². The minimum absolute atomic E-state index is 0.0927. The zero-order valence-electron chi connectivity index (χ0n) is 12.4. The number of amides is 1. The van der Waals surface area contributed by atoms with Crippen LogP contribution < -0.4 is 4.74 Å². The summed E-state index contributed by atoms with van der Waals surface area (Å²) in [5, 5.41) is 12.9. The molecule has 0 radical (unpaired) electrons. The lowest BCUT2D eigenvalue weighted by Crippen LogP contribution is -2.39. The summed E-state index contributed by atoms with van der Waals surface area (Å²) in [7, 11) is 0. The highest BCUT2D eigenvalue weighted by molar-refractivity contribution is 5.96. The fourth-order valence-corrected chi connectivity index (χ4v) is 3.05. The molecule has 0 atom stereocenters. The van der Waals surface area contributed by atoms with Crippen LogP contribution >= 0.6 is 0 Å². The van der Waals surface area contributed by atoms with Crippen molar-refractivity contribution in [1.82, 2.24) is 14.7 Å². The van der Waals surface area contributed by atoms with Crippen LogP contribution in [0.25, 0.3) is 0 Å². The number of hydrogen-bond acceptors (Lipinski definition) is 4. The monoisotopic (exact) mass is 313 g/mol. The van der Waals surface area contributed by atoms with Crippen LogP contribution in [-0.2, 0) is 19.5 Å². The number of nitrogens with zero attached hydrogens (tertiary/aromatic N) is 3. The van der Waals surface area contributed by atoms with E-state index in [0.29, 0.717) is 31.9 Å². The molecule has 2 aliphatic rings. The summed E-state index contributed by atoms with van der Waals surface area (Å²) < 4.78 is 6.96. The number of benzene rings is 1. The first-order chi connectivity index (χ1) is 11.1. The van der Waals surface area contributed by atoms with E-state index in [1.54, 1.807) is 4.90 Å². The fraction of sp³-hybridized carbons (Fsp3) is 0.312. The molecule has 7 heteroatoms. The van der Waals surface area contributed by atoms with Gasteiger partial charge in [0, 0.05) is 25.6 Å². The molecule has 0 saturated heterocycles. The summed E-state index contributed by atoms with van der Waals surface area (Å²) in [6.45, 7) is 2.22. The maximum atomic E-state index is 12.5. The highest BCUT2D eigenvalue weighted by atomic mass is 16.5. The predicted molar refractivity (Wildman–Crippen MR) is 79.6 cm³/mol. The summed E-state index contributed by atoms with van der Waals surface area (Å²) in [6, 6.07) is 7.32. The van der Waals surface area contributed by atoms with E-state index in [-0.39, 0.29) is 11.6 Å². The van der Waals surface area contributed by atoms with Gasteiger partial charge in [0.05, 0.1) is 13.2 Å². The molecule has 118 valence electrons. The van der Waals surface area contributed by atoms with Crippen molar-refractivity contribution >= 4 is 11.9 Å². The van der Waals surface area contributed by atoms with Crippen molar-refractivity contribution in [2.24, 2.45) is 0 Å². The molecule has 2 aromatic rings. The molecular formula is C16H15N3O4. The van der Waals surface area contributed by atoms with Crippen molar-refractivity contribution in [3.8, 4) is 5.75 Å². The van der Waals surface area contributed by atoms with Gasteiger partial charge in [-0.1, -0.05) is 12.1 Å². The molecule has 0 unspecified atom stereocenters. The van der Waals surface area contributed by atoms with Gasteiger partial charge in [0.25, 0.3) is 5.91 Å². The van der Waals surface area contributed by atoms with E-state index in [1.807, 2.05) is 12.1 Å². The van der Waals surface area contributed by atoms with Gasteiger partial charge in [-0.15, -0.1) is 0 Å². The molecule has 1 amide bonds. The molecule has 4 rings (SSSR count).